The zero-order chi connectivity index (χ0) is 28.3. The minimum Gasteiger partial charge on any atom is -0.508 e. The van der Waals surface area contributed by atoms with Crippen LogP contribution in [0.5, 0.6) is 51.7 Å². The van der Waals surface area contributed by atoms with Crippen molar-refractivity contribution in [3.05, 3.63) is 88.5 Å². The van der Waals surface area contributed by atoms with Crippen molar-refractivity contribution >= 4 is 18.1 Å². The summed E-state index contributed by atoms with van der Waals surface area (Å²) < 4.78 is 16.8. The van der Waals surface area contributed by atoms with Crippen LogP contribution >= 0.6 is 0 Å². The third-order valence-corrected chi connectivity index (χ3v) is 7.06. The molecule has 2 aliphatic heterocycles. The fourth-order valence-electron chi connectivity index (χ4n) is 5.50. The number of carbonyl (C=O) groups is 1. The zero-order valence-corrected chi connectivity index (χ0v) is 20.8. The van der Waals surface area contributed by atoms with Crippen LogP contribution in [-0.2, 0) is 10.2 Å². The minimum absolute atomic E-state index is 0.0113. The lowest BCUT2D eigenvalue weighted by atomic mass is 9.68. The van der Waals surface area contributed by atoms with Crippen molar-refractivity contribution in [3.63, 3.8) is 0 Å². The predicted octanol–water partition coefficient (Wildman–Crippen LogP) is 4.44. The summed E-state index contributed by atoms with van der Waals surface area (Å²) in [6, 6.07) is 13.7. The molecule has 10 nitrogen and oxygen atoms in total. The largest absolute Gasteiger partial charge is 0.508 e. The Bertz CT molecular complexity index is 1700. The molecule has 0 aliphatic carbocycles. The van der Waals surface area contributed by atoms with E-state index in [2.05, 4.69) is 0 Å². The predicted molar refractivity (Wildman–Crippen MR) is 141 cm³/mol. The van der Waals surface area contributed by atoms with Gasteiger partial charge in [0.1, 0.15) is 40.6 Å². The Morgan fingerprint density at radius 2 is 1.40 bits per heavy atom. The lowest BCUT2D eigenvalue weighted by Gasteiger charge is -2.29. The Morgan fingerprint density at radius 1 is 0.750 bits per heavy atom. The number of phenolic OH excluding ortho intramolecular Hbond substituents is 6. The van der Waals surface area contributed by atoms with E-state index in [0.29, 0.717) is 16.7 Å². The maximum Gasteiger partial charge on any atom is 0.331 e. The highest BCUT2D eigenvalue weighted by Gasteiger charge is 2.64. The molecule has 1 spiro atoms. The normalized spacial score (nSPS) is 18.9. The molecule has 6 rings (SSSR count). The summed E-state index contributed by atoms with van der Waals surface area (Å²) in [5, 5.41) is 62.0. The first kappa shape index (κ1) is 24.8. The number of rotatable bonds is 4. The average molecular weight is 542 g/mol. The molecule has 10 heteroatoms. The molecular formula is C30H22O10. The molecule has 2 heterocycles. The van der Waals surface area contributed by atoms with E-state index in [1.165, 1.54) is 55.7 Å². The number of benzene rings is 4. The van der Waals surface area contributed by atoms with Crippen LogP contribution in [0, 0.1) is 0 Å². The molecule has 4 aromatic carbocycles. The van der Waals surface area contributed by atoms with E-state index >= 15 is 0 Å². The second-order valence-electron chi connectivity index (χ2n) is 9.46. The quantitative estimate of drug-likeness (QED) is 0.123. The van der Waals surface area contributed by atoms with Crippen molar-refractivity contribution < 1.29 is 49.6 Å². The number of phenols is 6. The van der Waals surface area contributed by atoms with Crippen molar-refractivity contribution in [2.75, 3.05) is 7.11 Å². The van der Waals surface area contributed by atoms with Crippen molar-refractivity contribution in [3.8, 4) is 51.7 Å². The highest BCUT2D eigenvalue weighted by Crippen LogP contribution is 2.63. The van der Waals surface area contributed by atoms with Crippen LogP contribution in [0.2, 0.25) is 0 Å². The Hall–Kier alpha value is -5.51. The van der Waals surface area contributed by atoms with Gasteiger partial charge in [-0.25, -0.2) is 0 Å². The van der Waals surface area contributed by atoms with E-state index in [1.54, 1.807) is 18.2 Å². The van der Waals surface area contributed by atoms with Crippen LogP contribution in [-0.4, -0.2) is 43.7 Å². The van der Waals surface area contributed by atoms with E-state index < -0.39 is 23.2 Å². The number of hydrogen-bond donors (Lipinski definition) is 6. The first-order valence-electron chi connectivity index (χ1n) is 12.0. The van der Waals surface area contributed by atoms with Gasteiger partial charge in [0.05, 0.1) is 12.7 Å². The molecule has 0 amide bonds. The molecule has 0 fully saturated rings. The molecule has 202 valence electrons. The monoisotopic (exact) mass is 542 g/mol. The molecule has 40 heavy (non-hydrogen) atoms. The fourth-order valence-corrected chi connectivity index (χ4v) is 5.50. The highest BCUT2D eigenvalue weighted by molar-refractivity contribution is 6.00. The number of hydrogen-bond acceptors (Lipinski definition) is 10. The molecular weight excluding hydrogens is 520 g/mol. The van der Waals surface area contributed by atoms with Gasteiger partial charge in [0.2, 0.25) is 5.75 Å². The van der Waals surface area contributed by atoms with E-state index in [1.807, 2.05) is 0 Å². The average Bonchev–Trinajstić information content (AvgIpc) is 3.37. The van der Waals surface area contributed by atoms with Gasteiger partial charge in [0.25, 0.3) is 0 Å². The van der Waals surface area contributed by atoms with E-state index in [9.17, 15) is 35.4 Å². The topological polar surface area (TPSA) is 166 Å². The summed E-state index contributed by atoms with van der Waals surface area (Å²) >= 11 is 0. The first-order chi connectivity index (χ1) is 19.1. The Kier molecular flexibility index (Phi) is 5.44. The number of esters is 1. The second kappa shape index (κ2) is 8.77. The SMILES string of the molecule is COc1c(O)cc(/C=C/c2cc(O)cc3c2[C@]2(C(=O)O3)c3c(O)cc(O)cc3O[C@@H]2c2ccc(O)cc2)cc1O. The van der Waals surface area contributed by atoms with Gasteiger partial charge in [-0.3, -0.25) is 4.79 Å². The first-order valence-corrected chi connectivity index (χ1v) is 12.0. The van der Waals surface area contributed by atoms with Gasteiger partial charge in [-0.1, -0.05) is 24.3 Å². The van der Waals surface area contributed by atoms with Crippen LogP contribution in [0.4, 0.5) is 0 Å². The number of aromatic hydroxyl groups is 6. The molecule has 2 atom stereocenters. The molecule has 4 aromatic rings. The standard InChI is InChI=1S/C30H22O10/c1-38-27-21(35)8-14(9-22(27)36)2-3-16-10-18(32)12-23-25(16)30(29(37)40-23)26-20(34)11-19(33)13-24(26)39-28(30)15-4-6-17(31)7-5-15/h2-13,28,31-36H,1H3/b3-2+/t28-,30+/m1/s1. The van der Waals surface area contributed by atoms with Gasteiger partial charge in [-0.2, -0.15) is 0 Å². The number of methoxy groups -OCH3 is 1. The van der Waals surface area contributed by atoms with Crippen LogP contribution in [0.15, 0.2) is 60.7 Å². The van der Waals surface area contributed by atoms with Crippen LogP contribution < -0.4 is 14.2 Å². The lowest BCUT2D eigenvalue weighted by Crippen LogP contribution is -2.40. The van der Waals surface area contributed by atoms with Crippen LogP contribution in [0.1, 0.15) is 33.9 Å². The fraction of sp³-hybridized carbons (Fsp3) is 0.100. The second-order valence-corrected chi connectivity index (χ2v) is 9.46. The molecule has 0 aromatic heterocycles. The number of fused-ring (bicyclic) bond motifs is 4. The van der Waals surface area contributed by atoms with Gasteiger partial charge in [-0.05, 0) is 47.0 Å². The van der Waals surface area contributed by atoms with Gasteiger partial charge >= 0.3 is 5.97 Å². The smallest absolute Gasteiger partial charge is 0.331 e. The molecule has 6 N–H and O–H groups in total. The third kappa shape index (κ3) is 3.53. The van der Waals surface area contributed by atoms with Crippen molar-refractivity contribution in [2.24, 2.45) is 0 Å². The summed E-state index contributed by atoms with van der Waals surface area (Å²) in [6.45, 7) is 0. The minimum atomic E-state index is -1.78. The Balaban J connectivity index is 1.61. The van der Waals surface area contributed by atoms with Crippen molar-refractivity contribution in [2.45, 2.75) is 11.5 Å². The van der Waals surface area contributed by atoms with Gasteiger partial charge < -0.3 is 44.8 Å². The highest BCUT2D eigenvalue weighted by atomic mass is 16.6. The number of ether oxygens (including phenoxy) is 3. The van der Waals surface area contributed by atoms with Crippen LogP contribution in [0.3, 0.4) is 0 Å². The van der Waals surface area contributed by atoms with Gasteiger partial charge in [0, 0.05) is 23.8 Å². The Morgan fingerprint density at radius 3 is 2.08 bits per heavy atom. The van der Waals surface area contributed by atoms with Gasteiger partial charge in [0.15, 0.2) is 16.9 Å². The molecule has 0 saturated heterocycles. The summed E-state index contributed by atoms with van der Waals surface area (Å²) in [5.41, 5.74) is -0.303. The van der Waals surface area contributed by atoms with E-state index in [-0.39, 0.29) is 57.1 Å². The van der Waals surface area contributed by atoms with Crippen molar-refractivity contribution in [1.29, 1.82) is 0 Å². The van der Waals surface area contributed by atoms with Crippen LogP contribution in [0.25, 0.3) is 12.2 Å². The summed E-state index contributed by atoms with van der Waals surface area (Å²) in [4.78, 5) is 13.9. The van der Waals surface area contributed by atoms with Crippen molar-refractivity contribution in [1.82, 2.24) is 0 Å². The maximum atomic E-state index is 13.9. The maximum absolute atomic E-state index is 13.9. The zero-order valence-electron chi connectivity index (χ0n) is 20.8. The lowest BCUT2D eigenvalue weighted by molar-refractivity contribution is -0.139. The molecule has 2 aliphatic rings. The molecule has 0 saturated carbocycles. The summed E-state index contributed by atoms with van der Waals surface area (Å²) in [7, 11) is 1.30. The summed E-state index contributed by atoms with van der Waals surface area (Å²) in [5.74, 6) is -2.32. The molecule has 0 radical (unpaired) electrons. The third-order valence-electron chi connectivity index (χ3n) is 7.06. The van der Waals surface area contributed by atoms with E-state index in [4.69, 9.17) is 14.2 Å². The van der Waals surface area contributed by atoms with E-state index in [0.717, 1.165) is 6.07 Å². The molecule has 0 unspecified atom stereocenters. The molecule has 0 bridgehead atoms. The Labute approximate surface area is 226 Å². The number of carbonyl (C=O) groups excluding carboxylic acids is 1. The van der Waals surface area contributed by atoms with Gasteiger partial charge in [-0.15, -0.1) is 0 Å². The summed E-state index contributed by atoms with van der Waals surface area (Å²) in [6.07, 6.45) is 1.98.